The summed E-state index contributed by atoms with van der Waals surface area (Å²) in [5.74, 6) is -0.716. The lowest BCUT2D eigenvalue weighted by Crippen LogP contribution is -2.20. The van der Waals surface area contributed by atoms with Crippen LogP contribution in [0.25, 0.3) is 0 Å². The maximum atomic E-state index is 13.1. The lowest BCUT2D eigenvalue weighted by molar-refractivity contribution is -0.137. The van der Waals surface area contributed by atoms with Crippen LogP contribution in [0.5, 0.6) is 0 Å². The first-order valence-corrected chi connectivity index (χ1v) is 9.20. The van der Waals surface area contributed by atoms with Crippen molar-refractivity contribution in [1.82, 2.24) is 0 Å². The Morgan fingerprint density at radius 2 is 1.88 bits per heavy atom. The molecule has 0 N–H and O–H groups in total. The number of carbonyl (C=O) groups excluding carboxylic acids is 1. The second-order valence-corrected chi connectivity index (χ2v) is 6.57. The van der Waals surface area contributed by atoms with E-state index in [2.05, 4.69) is 10.3 Å². The minimum atomic E-state index is -4.61. The fraction of sp³-hybridized carbons (Fsp3) is 0.273. The summed E-state index contributed by atoms with van der Waals surface area (Å²) < 4.78 is 44.0. The third-order valence-corrected chi connectivity index (χ3v) is 4.44. The van der Waals surface area contributed by atoms with Gasteiger partial charge in [-0.1, -0.05) is 28.5 Å². The first-order chi connectivity index (χ1) is 15.1. The minimum absolute atomic E-state index is 0.0745. The first-order valence-electron chi connectivity index (χ1n) is 9.20. The Labute approximate surface area is 182 Å². The van der Waals surface area contributed by atoms with Crippen LogP contribution in [-0.2, 0) is 32.0 Å². The third kappa shape index (κ3) is 5.85. The number of hydrogen-bond donors (Lipinski definition) is 0. The van der Waals surface area contributed by atoms with E-state index in [1.807, 2.05) is 0 Å². The molecule has 0 aliphatic heterocycles. The summed E-state index contributed by atoms with van der Waals surface area (Å²) in [4.78, 5) is 22.2. The van der Waals surface area contributed by atoms with Crippen molar-refractivity contribution in [3.63, 3.8) is 0 Å². The molecule has 0 aliphatic rings. The van der Waals surface area contributed by atoms with Gasteiger partial charge in [0.05, 0.1) is 30.0 Å². The zero-order chi connectivity index (χ0) is 23.9. The number of aryl methyl sites for hydroxylation is 1. The molecular formula is C22H20F3N3O4. The average Bonchev–Trinajstić information content (AvgIpc) is 2.77. The molecule has 0 spiro atoms. The van der Waals surface area contributed by atoms with Crippen LogP contribution in [0.15, 0.2) is 46.7 Å². The normalized spacial score (nSPS) is 12.2. The van der Waals surface area contributed by atoms with E-state index in [-0.39, 0.29) is 29.2 Å². The summed E-state index contributed by atoms with van der Waals surface area (Å²) in [5.41, 5.74) is 0.775. The van der Waals surface area contributed by atoms with Crippen LogP contribution in [0.1, 0.15) is 40.3 Å². The van der Waals surface area contributed by atoms with E-state index in [1.54, 1.807) is 31.2 Å². The highest BCUT2D eigenvalue weighted by molar-refractivity contribution is 6.43. The van der Waals surface area contributed by atoms with Gasteiger partial charge in [-0.25, -0.2) is 4.79 Å². The van der Waals surface area contributed by atoms with Gasteiger partial charge < -0.3 is 14.4 Å². The number of ether oxygens (including phenoxy) is 1. The van der Waals surface area contributed by atoms with E-state index in [0.717, 1.165) is 17.7 Å². The van der Waals surface area contributed by atoms with Crippen molar-refractivity contribution in [2.24, 2.45) is 10.3 Å². The molecule has 0 bridgehead atoms. The second kappa shape index (κ2) is 10.4. The number of esters is 1. The van der Waals surface area contributed by atoms with E-state index in [0.29, 0.717) is 11.1 Å². The van der Waals surface area contributed by atoms with Gasteiger partial charge in [-0.2, -0.15) is 18.4 Å². The molecule has 0 radical (unpaired) electrons. The summed E-state index contributed by atoms with van der Waals surface area (Å²) >= 11 is 0. The van der Waals surface area contributed by atoms with Gasteiger partial charge >= 0.3 is 12.1 Å². The molecule has 168 valence electrons. The summed E-state index contributed by atoms with van der Waals surface area (Å²) in [5, 5.41) is 16.6. The number of nitriles is 1. The van der Waals surface area contributed by atoms with Crippen LogP contribution in [0.4, 0.5) is 13.2 Å². The van der Waals surface area contributed by atoms with Crippen molar-refractivity contribution in [3.05, 3.63) is 69.8 Å². The van der Waals surface area contributed by atoms with E-state index in [9.17, 15) is 18.0 Å². The Morgan fingerprint density at radius 1 is 1.16 bits per heavy atom. The third-order valence-electron chi connectivity index (χ3n) is 4.44. The summed E-state index contributed by atoms with van der Waals surface area (Å²) in [6.07, 6.45) is -4.61. The van der Waals surface area contributed by atoms with Crippen LogP contribution in [0.2, 0.25) is 0 Å². The van der Waals surface area contributed by atoms with Crippen molar-refractivity contribution in [2.45, 2.75) is 26.6 Å². The van der Waals surface area contributed by atoms with Crippen LogP contribution < -0.4 is 0 Å². The standard InChI is InChI=1S/C22H20F3N3O4/c1-13-6-5-7-18(20(28-31-4)21(29)30-3)19(13)12-32-27-14(2)16-8-15(11-26)9-17(10-16)22(23,24)25/h5-10H,12H2,1-4H3/b27-14+,28-20+. The number of hydrogen-bond acceptors (Lipinski definition) is 7. The number of rotatable bonds is 7. The summed E-state index contributed by atoms with van der Waals surface area (Å²) in [7, 11) is 2.49. The smallest absolute Gasteiger partial charge is 0.416 e. The highest BCUT2D eigenvalue weighted by Gasteiger charge is 2.31. The van der Waals surface area contributed by atoms with Gasteiger partial charge in [0.25, 0.3) is 0 Å². The number of oxime groups is 2. The SMILES string of the molecule is CO/N=C(/C(=O)OC)c1cccc(C)c1CO/N=C(\C)c1cc(C#N)cc(C(F)(F)F)c1. The largest absolute Gasteiger partial charge is 0.464 e. The molecule has 0 fully saturated rings. The molecule has 10 heteroatoms. The molecule has 0 atom stereocenters. The maximum Gasteiger partial charge on any atom is 0.416 e. The Kier molecular flexibility index (Phi) is 7.96. The van der Waals surface area contributed by atoms with Crippen LogP contribution >= 0.6 is 0 Å². The van der Waals surface area contributed by atoms with Crippen molar-refractivity contribution in [2.75, 3.05) is 14.2 Å². The summed E-state index contributed by atoms with van der Waals surface area (Å²) in [6.45, 7) is 3.14. The maximum absolute atomic E-state index is 13.1. The monoisotopic (exact) mass is 447 g/mol. The Hall–Kier alpha value is -3.87. The molecule has 0 unspecified atom stereocenters. The molecule has 2 aromatic rings. The molecule has 2 rings (SSSR count). The molecule has 0 aliphatic carbocycles. The molecule has 32 heavy (non-hydrogen) atoms. The van der Waals surface area contributed by atoms with E-state index >= 15 is 0 Å². The fourth-order valence-corrected chi connectivity index (χ4v) is 2.81. The Balaban J connectivity index is 2.35. The van der Waals surface area contributed by atoms with Crippen molar-refractivity contribution in [1.29, 1.82) is 5.26 Å². The quantitative estimate of drug-likeness (QED) is 0.357. The van der Waals surface area contributed by atoms with Gasteiger partial charge in [0.2, 0.25) is 0 Å². The number of nitrogens with zero attached hydrogens (tertiary/aromatic N) is 3. The zero-order valence-corrected chi connectivity index (χ0v) is 17.8. The van der Waals surface area contributed by atoms with E-state index in [4.69, 9.17) is 19.7 Å². The van der Waals surface area contributed by atoms with Gasteiger partial charge in [-0.05, 0) is 37.6 Å². The number of methoxy groups -OCH3 is 1. The van der Waals surface area contributed by atoms with Gasteiger partial charge in [-0.15, -0.1) is 0 Å². The Morgan fingerprint density at radius 3 is 2.47 bits per heavy atom. The van der Waals surface area contributed by atoms with Gasteiger partial charge in [0, 0.05) is 16.7 Å². The lowest BCUT2D eigenvalue weighted by atomic mass is 9.99. The molecule has 0 amide bonds. The number of halogens is 3. The minimum Gasteiger partial charge on any atom is -0.464 e. The average molecular weight is 447 g/mol. The number of benzene rings is 2. The molecule has 0 aromatic heterocycles. The molecule has 0 saturated heterocycles. The first kappa shape index (κ1) is 24.4. The van der Waals surface area contributed by atoms with Crippen molar-refractivity contribution in [3.8, 4) is 6.07 Å². The fourth-order valence-electron chi connectivity index (χ4n) is 2.81. The Bertz CT molecular complexity index is 1100. The lowest BCUT2D eigenvalue weighted by Gasteiger charge is -2.13. The highest BCUT2D eigenvalue weighted by Crippen LogP contribution is 2.31. The predicted octanol–water partition coefficient (Wildman–Crippen LogP) is 4.35. The van der Waals surface area contributed by atoms with E-state index in [1.165, 1.54) is 27.2 Å². The second-order valence-electron chi connectivity index (χ2n) is 6.57. The molecule has 2 aromatic carbocycles. The van der Waals surface area contributed by atoms with Gasteiger partial charge in [0.15, 0.2) is 5.71 Å². The molecule has 7 nitrogen and oxygen atoms in total. The number of alkyl halides is 3. The van der Waals surface area contributed by atoms with Gasteiger partial charge in [0.1, 0.15) is 13.7 Å². The topological polar surface area (TPSA) is 93.3 Å². The predicted molar refractivity (Wildman–Crippen MR) is 110 cm³/mol. The number of carbonyl (C=O) groups is 1. The van der Waals surface area contributed by atoms with Crippen molar-refractivity contribution >= 4 is 17.4 Å². The molecule has 0 heterocycles. The van der Waals surface area contributed by atoms with Crippen LogP contribution in [0, 0.1) is 18.3 Å². The summed E-state index contributed by atoms with van der Waals surface area (Å²) in [6, 6.07) is 9.78. The van der Waals surface area contributed by atoms with Gasteiger partial charge in [-0.3, -0.25) is 0 Å². The van der Waals surface area contributed by atoms with Crippen LogP contribution in [0.3, 0.4) is 0 Å². The highest BCUT2D eigenvalue weighted by atomic mass is 19.4. The molecule has 0 saturated carbocycles. The van der Waals surface area contributed by atoms with Crippen molar-refractivity contribution < 1.29 is 32.4 Å². The molecular weight excluding hydrogens is 427 g/mol. The van der Waals surface area contributed by atoms with Crippen LogP contribution in [-0.4, -0.2) is 31.6 Å². The zero-order valence-electron chi connectivity index (χ0n) is 17.8. The van der Waals surface area contributed by atoms with E-state index < -0.39 is 17.7 Å².